The molecule has 28 heavy (non-hydrogen) atoms. The van der Waals surface area contributed by atoms with E-state index >= 15 is 0 Å². The number of benzene rings is 2. The molecule has 1 unspecified atom stereocenters. The van der Waals surface area contributed by atoms with Crippen molar-refractivity contribution in [2.24, 2.45) is 5.92 Å². The Kier molecular flexibility index (Phi) is 5.70. The van der Waals surface area contributed by atoms with Crippen LogP contribution < -0.4 is 9.64 Å². The molecule has 0 aromatic heterocycles. The van der Waals surface area contributed by atoms with Crippen LogP contribution in [-0.2, 0) is 6.54 Å². The van der Waals surface area contributed by atoms with Crippen LogP contribution in [-0.4, -0.2) is 23.9 Å². The molecule has 1 heterocycles. The van der Waals surface area contributed by atoms with Crippen LogP contribution in [0.2, 0.25) is 0 Å². The summed E-state index contributed by atoms with van der Waals surface area (Å²) in [6.07, 6.45) is 4.91. The van der Waals surface area contributed by atoms with Crippen molar-refractivity contribution in [2.45, 2.75) is 57.2 Å². The van der Waals surface area contributed by atoms with Crippen LogP contribution in [0.3, 0.4) is 0 Å². The number of nitrogens with one attached hydrogen (secondary N) is 1. The topological polar surface area (TPSA) is 33.9 Å². The normalized spacial score (nSPS) is 29.9. The number of para-hydroxylation sites is 1. The number of hydrogen-bond acceptors (Lipinski definition) is 2. The summed E-state index contributed by atoms with van der Waals surface area (Å²) in [5, 5.41) is 11.5. The highest BCUT2D eigenvalue weighted by molar-refractivity contribution is 5.36. The molecule has 2 aromatic carbocycles. The zero-order chi connectivity index (χ0) is 19.6. The zero-order valence-corrected chi connectivity index (χ0v) is 16.7. The van der Waals surface area contributed by atoms with E-state index < -0.39 is 5.60 Å². The van der Waals surface area contributed by atoms with Gasteiger partial charge in [-0.25, -0.2) is 4.39 Å². The van der Waals surface area contributed by atoms with Crippen molar-refractivity contribution in [1.29, 1.82) is 0 Å². The van der Waals surface area contributed by atoms with E-state index in [9.17, 15) is 9.50 Å². The fraction of sp³-hybridized carbons (Fsp3) is 0.500. The van der Waals surface area contributed by atoms with Gasteiger partial charge in [0, 0.05) is 17.9 Å². The molecule has 2 aromatic rings. The van der Waals surface area contributed by atoms with Gasteiger partial charge in [0.05, 0.1) is 24.3 Å². The van der Waals surface area contributed by atoms with E-state index in [1.165, 1.54) is 4.90 Å². The minimum absolute atomic E-state index is 0.112. The van der Waals surface area contributed by atoms with E-state index in [1.807, 2.05) is 31.2 Å². The highest BCUT2D eigenvalue weighted by atomic mass is 19.1. The second kappa shape index (κ2) is 8.22. The second-order valence-electron chi connectivity index (χ2n) is 8.33. The van der Waals surface area contributed by atoms with Crippen LogP contribution in [0.1, 0.15) is 56.2 Å². The second-order valence-corrected chi connectivity index (χ2v) is 8.33. The molecule has 0 bridgehead atoms. The molecule has 2 N–H and O–H groups in total. The van der Waals surface area contributed by atoms with Crippen molar-refractivity contribution in [1.82, 2.24) is 0 Å². The van der Waals surface area contributed by atoms with Gasteiger partial charge in [0.25, 0.3) is 0 Å². The fourth-order valence-electron chi connectivity index (χ4n) is 5.40. The van der Waals surface area contributed by atoms with Crippen molar-refractivity contribution >= 4 is 0 Å². The van der Waals surface area contributed by atoms with Crippen molar-refractivity contribution < 1.29 is 19.1 Å². The van der Waals surface area contributed by atoms with Crippen molar-refractivity contribution in [3.8, 4) is 5.75 Å². The summed E-state index contributed by atoms with van der Waals surface area (Å²) in [4.78, 5) is 1.33. The summed E-state index contributed by atoms with van der Waals surface area (Å²) in [6, 6.07) is 15.4. The Bertz CT molecular complexity index is 811. The summed E-state index contributed by atoms with van der Waals surface area (Å²) >= 11 is 0. The van der Waals surface area contributed by atoms with Crippen LogP contribution in [0.4, 0.5) is 4.39 Å². The molecule has 2 aliphatic rings. The first-order valence-electron chi connectivity index (χ1n) is 10.6. The quantitative estimate of drug-likeness (QED) is 0.825. The minimum atomic E-state index is -0.610. The van der Waals surface area contributed by atoms with E-state index in [1.54, 1.807) is 12.1 Å². The monoisotopic (exact) mass is 384 g/mol. The summed E-state index contributed by atoms with van der Waals surface area (Å²) < 4.78 is 20.4. The molecule has 1 saturated carbocycles. The van der Waals surface area contributed by atoms with Gasteiger partial charge in [-0.15, -0.1) is 0 Å². The van der Waals surface area contributed by atoms with Gasteiger partial charge in [-0.2, -0.15) is 0 Å². The first-order chi connectivity index (χ1) is 13.6. The third-order valence-electron chi connectivity index (χ3n) is 6.72. The number of piperidine rings is 1. The number of ether oxygens (including phenoxy) is 1. The molecular weight excluding hydrogens is 353 g/mol. The number of aliphatic hydroxyl groups is 1. The SMILES string of the molecule is CCOc1ccccc1[C@@H]1[C@@H]2CCCC[C@]2(O)CC[NH+]1Cc1ccccc1F. The molecule has 0 radical (unpaired) electrons. The van der Waals surface area contributed by atoms with Crippen LogP contribution in [0.25, 0.3) is 0 Å². The Labute approximate surface area is 167 Å². The van der Waals surface area contributed by atoms with Gasteiger partial charge in [0.1, 0.15) is 24.2 Å². The maximum absolute atomic E-state index is 14.4. The predicted molar refractivity (Wildman–Crippen MR) is 108 cm³/mol. The van der Waals surface area contributed by atoms with Gasteiger partial charge in [-0.3, -0.25) is 0 Å². The van der Waals surface area contributed by atoms with Crippen molar-refractivity contribution in [2.75, 3.05) is 13.2 Å². The Morgan fingerprint density at radius 1 is 1.11 bits per heavy atom. The molecule has 4 atom stereocenters. The lowest BCUT2D eigenvalue weighted by Gasteiger charge is -2.50. The Morgan fingerprint density at radius 2 is 1.89 bits per heavy atom. The third-order valence-corrected chi connectivity index (χ3v) is 6.72. The van der Waals surface area contributed by atoms with Gasteiger partial charge in [-0.05, 0) is 38.0 Å². The molecule has 0 amide bonds. The van der Waals surface area contributed by atoms with Crippen molar-refractivity contribution in [3.05, 3.63) is 65.5 Å². The van der Waals surface area contributed by atoms with E-state index in [0.717, 1.165) is 55.5 Å². The molecule has 1 aliphatic heterocycles. The average Bonchev–Trinajstić information content (AvgIpc) is 2.70. The smallest absolute Gasteiger partial charge is 0.132 e. The molecule has 0 spiro atoms. The Balaban J connectivity index is 1.74. The van der Waals surface area contributed by atoms with Crippen LogP contribution in [0, 0.1) is 11.7 Å². The summed E-state index contributed by atoms with van der Waals surface area (Å²) in [7, 11) is 0. The molecule has 1 aliphatic carbocycles. The lowest BCUT2D eigenvalue weighted by Crippen LogP contribution is -3.13. The van der Waals surface area contributed by atoms with Gasteiger partial charge in [0.15, 0.2) is 0 Å². The number of rotatable bonds is 5. The minimum Gasteiger partial charge on any atom is -0.493 e. The molecular formula is C24H31FNO2+. The lowest BCUT2D eigenvalue weighted by atomic mass is 9.66. The standard InChI is InChI=1S/C24H30FNO2/c1-2-28-22-13-6-4-10-19(22)23-20-11-7-8-14-24(20,27)15-16-26(23)17-18-9-3-5-12-21(18)25/h3-6,9-10,12-13,20,23,27H,2,7-8,11,14-17H2,1H3/p+1/t20-,23+,24-/m0/s1. The molecule has 1 saturated heterocycles. The zero-order valence-electron chi connectivity index (χ0n) is 16.7. The summed E-state index contributed by atoms with van der Waals surface area (Å²) in [5.74, 6) is 0.936. The third kappa shape index (κ3) is 3.68. The lowest BCUT2D eigenvalue weighted by molar-refractivity contribution is -0.958. The van der Waals surface area contributed by atoms with Gasteiger partial charge in [0.2, 0.25) is 0 Å². The number of quaternary nitrogens is 1. The highest BCUT2D eigenvalue weighted by Crippen LogP contribution is 2.45. The number of hydrogen-bond donors (Lipinski definition) is 2. The molecule has 3 nitrogen and oxygen atoms in total. The van der Waals surface area contributed by atoms with Crippen LogP contribution in [0.15, 0.2) is 48.5 Å². The van der Waals surface area contributed by atoms with Crippen LogP contribution in [0.5, 0.6) is 5.75 Å². The Morgan fingerprint density at radius 3 is 2.71 bits per heavy atom. The highest BCUT2D eigenvalue weighted by Gasteiger charge is 2.52. The molecule has 4 rings (SSSR count). The predicted octanol–water partition coefficient (Wildman–Crippen LogP) is 3.68. The number of likely N-dealkylation sites (tertiary alicyclic amines) is 1. The Hall–Kier alpha value is -1.91. The number of halogens is 1. The van der Waals surface area contributed by atoms with Crippen LogP contribution >= 0.6 is 0 Å². The fourth-order valence-corrected chi connectivity index (χ4v) is 5.40. The summed E-state index contributed by atoms with van der Waals surface area (Å²) in [6.45, 7) is 4.08. The first kappa shape index (κ1) is 19.4. The first-order valence-corrected chi connectivity index (χ1v) is 10.6. The van der Waals surface area contributed by atoms with Gasteiger partial charge in [-0.1, -0.05) is 43.2 Å². The largest absolute Gasteiger partial charge is 0.493 e. The van der Waals surface area contributed by atoms with Crippen molar-refractivity contribution in [3.63, 3.8) is 0 Å². The molecule has 150 valence electrons. The van der Waals surface area contributed by atoms with E-state index in [2.05, 4.69) is 12.1 Å². The molecule has 2 fully saturated rings. The van der Waals surface area contributed by atoms with E-state index in [0.29, 0.717) is 13.2 Å². The molecule has 4 heteroatoms. The maximum Gasteiger partial charge on any atom is 0.132 e. The summed E-state index contributed by atoms with van der Waals surface area (Å²) in [5.41, 5.74) is 1.29. The van der Waals surface area contributed by atoms with E-state index in [4.69, 9.17) is 4.74 Å². The van der Waals surface area contributed by atoms with E-state index in [-0.39, 0.29) is 17.8 Å². The average molecular weight is 385 g/mol. The number of fused-ring (bicyclic) bond motifs is 1. The van der Waals surface area contributed by atoms with Gasteiger partial charge >= 0.3 is 0 Å². The van der Waals surface area contributed by atoms with Gasteiger partial charge < -0.3 is 14.7 Å². The maximum atomic E-state index is 14.4.